The Morgan fingerprint density at radius 2 is 1.93 bits per heavy atom. The average molecular weight is 190 g/mol. The number of hydrogen-bond donors (Lipinski definition) is 2. The molecule has 0 saturated heterocycles. The van der Waals surface area contributed by atoms with Crippen molar-refractivity contribution < 1.29 is 0 Å². The first kappa shape index (κ1) is 9.69. The van der Waals surface area contributed by atoms with Crippen LogP contribution in [0, 0.1) is 0 Å². The molecule has 1 aromatic carbocycles. The number of hydrogen-bond acceptors (Lipinski definition) is 2. The van der Waals surface area contributed by atoms with Gasteiger partial charge in [-0.3, -0.25) is 0 Å². The van der Waals surface area contributed by atoms with Gasteiger partial charge in [-0.05, 0) is 25.3 Å². The molecule has 0 amide bonds. The molecule has 2 heteroatoms. The lowest BCUT2D eigenvalue weighted by atomic mass is 9.87. The maximum absolute atomic E-state index is 5.74. The largest absolute Gasteiger partial charge is 0.328 e. The van der Waals surface area contributed by atoms with Gasteiger partial charge in [-0.1, -0.05) is 30.3 Å². The van der Waals surface area contributed by atoms with Crippen LogP contribution in [0.15, 0.2) is 30.3 Å². The molecule has 0 aromatic heterocycles. The molecule has 3 N–H and O–H groups in total. The third kappa shape index (κ3) is 2.14. The molecule has 76 valence electrons. The second kappa shape index (κ2) is 4.11. The summed E-state index contributed by atoms with van der Waals surface area (Å²) in [6, 6.07) is 12.0. The zero-order valence-electron chi connectivity index (χ0n) is 8.61. The van der Waals surface area contributed by atoms with Crippen LogP contribution in [0.2, 0.25) is 0 Å². The summed E-state index contributed by atoms with van der Waals surface area (Å²) in [4.78, 5) is 0. The Hall–Kier alpha value is -0.860. The molecule has 0 spiro atoms. The van der Waals surface area contributed by atoms with Crippen LogP contribution < -0.4 is 11.1 Å². The van der Waals surface area contributed by atoms with Gasteiger partial charge in [-0.25, -0.2) is 0 Å². The van der Waals surface area contributed by atoms with Gasteiger partial charge in [0.05, 0.1) is 0 Å². The van der Waals surface area contributed by atoms with Crippen molar-refractivity contribution in [2.45, 2.75) is 37.9 Å². The third-order valence-electron chi connectivity index (χ3n) is 2.96. The molecule has 2 rings (SSSR count). The van der Waals surface area contributed by atoms with Crippen molar-refractivity contribution in [2.24, 2.45) is 5.73 Å². The molecule has 1 saturated carbocycles. The Labute approximate surface area is 85.5 Å². The maximum atomic E-state index is 5.74. The van der Waals surface area contributed by atoms with E-state index in [1.165, 1.54) is 5.56 Å². The normalized spacial score (nSPS) is 28.1. The van der Waals surface area contributed by atoms with Gasteiger partial charge in [-0.15, -0.1) is 0 Å². The van der Waals surface area contributed by atoms with E-state index in [-0.39, 0.29) is 0 Å². The predicted octanol–water partition coefficient (Wildman–Crippen LogP) is 1.83. The number of benzene rings is 1. The van der Waals surface area contributed by atoms with Crippen molar-refractivity contribution in [2.75, 3.05) is 0 Å². The lowest BCUT2D eigenvalue weighted by Crippen LogP contribution is -2.48. The fourth-order valence-corrected chi connectivity index (χ4v) is 1.99. The number of nitrogens with one attached hydrogen (secondary N) is 1. The zero-order chi connectivity index (χ0) is 9.97. The highest BCUT2D eigenvalue weighted by Crippen LogP contribution is 2.21. The first-order valence-corrected chi connectivity index (χ1v) is 5.32. The molecule has 1 atom stereocenters. The Morgan fingerprint density at radius 3 is 2.50 bits per heavy atom. The second-order valence-electron chi connectivity index (χ2n) is 4.23. The minimum atomic E-state index is 0.426. The summed E-state index contributed by atoms with van der Waals surface area (Å²) in [5.41, 5.74) is 7.10. The standard InChI is InChI=1S/C12H18N2/c1-9(10-5-3-2-4-6-10)14-12-7-11(13)8-12/h2-6,9,11-12,14H,7-8,13H2,1H3/t9-,11?,12?/m0/s1. The van der Waals surface area contributed by atoms with Gasteiger partial charge < -0.3 is 11.1 Å². The van der Waals surface area contributed by atoms with Crippen molar-refractivity contribution >= 4 is 0 Å². The molecule has 1 aliphatic rings. The van der Waals surface area contributed by atoms with Crippen molar-refractivity contribution in [1.82, 2.24) is 5.32 Å². The van der Waals surface area contributed by atoms with Gasteiger partial charge in [0.25, 0.3) is 0 Å². The van der Waals surface area contributed by atoms with Crippen molar-refractivity contribution in [3.05, 3.63) is 35.9 Å². The second-order valence-corrected chi connectivity index (χ2v) is 4.23. The Kier molecular flexibility index (Phi) is 2.85. The molecule has 14 heavy (non-hydrogen) atoms. The summed E-state index contributed by atoms with van der Waals surface area (Å²) in [5, 5.41) is 3.58. The van der Waals surface area contributed by atoms with Crippen LogP contribution >= 0.6 is 0 Å². The van der Waals surface area contributed by atoms with E-state index >= 15 is 0 Å². The van der Waals surface area contributed by atoms with Crippen LogP contribution in [0.5, 0.6) is 0 Å². The van der Waals surface area contributed by atoms with Crippen LogP contribution in [-0.2, 0) is 0 Å². The van der Waals surface area contributed by atoms with Gasteiger partial charge in [0.2, 0.25) is 0 Å². The summed E-state index contributed by atoms with van der Waals surface area (Å²) in [7, 11) is 0. The minimum Gasteiger partial charge on any atom is -0.328 e. The van der Waals surface area contributed by atoms with E-state index in [1.807, 2.05) is 0 Å². The van der Waals surface area contributed by atoms with Crippen molar-refractivity contribution in [1.29, 1.82) is 0 Å². The monoisotopic (exact) mass is 190 g/mol. The van der Waals surface area contributed by atoms with E-state index in [9.17, 15) is 0 Å². The molecule has 0 radical (unpaired) electrons. The lowest BCUT2D eigenvalue weighted by Gasteiger charge is -2.35. The fourth-order valence-electron chi connectivity index (χ4n) is 1.99. The summed E-state index contributed by atoms with van der Waals surface area (Å²) in [5.74, 6) is 0. The van der Waals surface area contributed by atoms with E-state index in [0.717, 1.165) is 12.8 Å². The highest BCUT2D eigenvalue weighted by Gasteiger charge is 2.26. The smallest absolute Gasteiger partial charge is 0.0294 e. The molecule has 0 aliphatic heterocycles. The number of nitrogens with two attached hydrogens (primary N) is 1. The molecule has 2 nitrogen and oxygen atoms in total. The van der Waals surface area contributed by atoms with Gasteiger partial charge in [0, 0.05) is 18.1 Å². The van der Waals surface area contributed by atoms with Gasteiger partial charge >= 0.3 is 0 Å². The Balaban J connectivity index is 1.87. The highest BCUT2D eigenvalue weighted by atomic mass is 15.0. The Bertz CT molecular complexity index is 278. The quantitative estimate of drug-likeness (QED) is 0.763. The molecule has 0 bridgehead atoms. The summed E-state index contributed by atoms with van der Waals surface area (Å²) in [6.45, 7) is 2.21. The predicted molar refractivity (Wildman–Crippen MR) is 59.0 cm³/mol. The summed E-state index contributed by atoms with van der Waals surface area (Å²) >= 11 is 0. The highest BCUT2D eigenvalue weighted by molar-refractivity contribution is 5.18. The molecule has 1 aliphatic carbocycles. The topological polar surface area (TPSA) is 38.0 Å². The first-order chi connectivity index (χ1) is 6.75. The van der Waals surface area contributed by atoms with E-state index in [0.29, 0.717) is 18.1 Å². The fraction of sp³-hybridized carbons (Fsp3) is 0.500. The summed E-state index contributed by atoms with van der Waals surface area (Å²) in [6.07, 6.45) is 2.24. The van der Waals surface area contributed by atoms with Gasteiger partial charge in [0.15, 0.2) is 0 Å². The van der Waals surface area contributed by atoms with Crippen LogP contribution in [0.4, 0.5) is 0 Å². The number of rotatable bonds is 3. The maximum Gasteiger partial charge on any atom is 0.0294 e. The zero-order valence-corrected chi connectivity index (χ0v) is 8.61. The third-order valence-corrected chi connectivity index (χ3v) is 2.96. The SMILES string of the molecule is C[C@H](NC1CC(N)C1)c1ccccc1. The van der Waals surface area contributed by atoms with Crippen LogP contribution in [0.3, 0.4) is 0 Å². The Morgan fingerprint density at radius 1 is 1.29 bits per heavy atom. The molecule has 0 unspecified atom stereocenters. The van der Waals surface area contributed by atoms with E-state index < -0.39 is 0 Å². The molecule has 1 aromatic rings. The van der Waals surface area contributed by atoms with Crippen molar-refractivity contribution in [3.63, 3.8) is 0 Å². The minimum absolute atomic E-state index is 0.426. The molecule has 0 heterocycles. The van der Waals surface area contributed by atoms with E-state index in [2.05, 4.69) is 42.6 Å². The molecular weight excluding hydrogens is 172 g/mol. The van der Waals surface area contributed by atoms with Gasteiger partial charge in [0.1, 0.15) is 0 Å². The average Bonchev–Trinajstić information content (AvgIpc) is 2.17. The van der Waals surface area contributed by atoms with Crippen LogP contribution in [-0.4, -0.2) is 12.1 Å². The summed E-state index contributed by atoms with van der Waals surface area (Å²) < 4.78 is 0. The van der Waals surface area contributed by atoms with E-state index in [4.69, 9.17) is 5.73 Å². The van der Waals surface area contributed by atoms with Crippen molar-refractivity contribution in [3.8, 4) is 0 Å². The van der Waals surface area contributed by atoms with Crippen LogP contribution in [0.25, 0.3) is 0 Å². The lowest BCUT2D eigenvalue weighted by molar-refractivity contribution is 0.272. The van der Waals surface area contributed by atoms with Crippen LogP contribution in [0.1, 0.15) is 31.4 Å². The first-order valence-electron chi connectivity index (χ1n) is 5.32. The molecule has 1 fully saturated rings. The van der Waals surface area contributed by atoms with E-state index in [1.54, 1.807) is 0 Å². The molecular formula is C12H18N2. The van der Waals surface area contributed by atoms with Gasteiger partial charge in [-0.2, -0.15) is 0 Å².